The van der Waals surface area contributed by atoms with Gasteiger partial charge in [-0.1, -0.05) is 18.2 Å². The van der Waals surface area contributed by atoms with Crippen LogP contribution in [0.4, 0.5) is 34.0 Å². The number of aromatic nitrogens is 2. The van der Waals surface area contributed by atoms with E-state index in [2.05, 4.69) is 25.9 Å². The molecule has 0 bridgehead atoms. The number of hydrogen-bond acceptors (Lipinski definition) is 6. The van der Waals surface area contributed by atoms with Gasteiger partial charge in [-0.2, -0.15) is 13.2 Å². The van der Waals surface area contributed by atoms with Crippen molar-refractivity contribution in [3.05, 3.63) is 72.2 Å². The molecule has 2 aromatic carbocycles. The van der Waals surface area contributed by atoms with Crippen LogP contribution in [0.5, 0.6) is 0 Å². The van der Waals surface area contributed by atoms with Crippen LogP contribution in [0.25, 0.3) is 11.3 Å². The summed E-state index contributed by atoms with van der Waals surface area (Å²) in [6, 6.07) is 10.6. The quantitative estimate of drug-likeness (QED) is 0.455. The Bertz CT molecular complexity index is 1260. The molecule has 2 aliphatic heterocycles. The Hall–Kier alpha value is -3.77. The van der Waals surface area contributed by atoms with Gasteiger partial charge in [0, 0.05) is 17.4 Å². The Morgan fingerprint density at radius 2 is 1.72 bits per heavy atom. The van der Waals surface area contributed by atoms with Crippen molar-refractivity contribution < 1.29 is 31.8 Å². The van der Waals surface area contributed by atoms with Crippen LogP contribution in [-0.2, 0) is 15.7 Å². The van der Waals surface area contributed by atoms with Gasteiger partial charge < -0.3 is 25.4 Å². The molecule has 4 unspecified atom stereocenters. The summed E-state index contributed by atoms with van der Waals surface area (Å²) in [4.78, 5) is 21.1. The number of hydrogen-bond donors (Lipinski definition) is 3. The fourth-order valence-electron chi connectivity index (χ4n) is 4.26. The van der Waals surface area contributed by atoms with E-state index >= 15 is 0 Å². The lowest BCUT2D eigenvalue weighted by molar-refractivity contribution is -0.137. The maximum Gasteiger partial charge on any atom is 0.416 e. The molecule has 0 radical (unpaired) electrons. The Morgan fingerprint density at radius 3 is 2.50 bits per heavy atom. The molecule has 2 amide bonds. The molecule has 36 heavy (non-hydrogen) atoms. The largest absolute Gasteiger partial charge is 0.416 e. The third-order valence-corrected chi connectivity index (χ3v) is 5.91. The Labute approximate surface area is 203 Å². The van der Waals surface area contributed by atoms with Gasteiger partial charge in [0.15, 0.2) is 0 Å². The summed E-state index contributed by atoms with van der Waals surface area (Å²) < 4.78 is 64.0. The first-order valence-electron chi connectivity index (χ1n) is 11.1. The molecule has 0 saturated carbocycles. The van der Waals surface area contributed by atoms with E-state index in [0.717, 1.165) is 12.1 Å². The highest BCUT2D eigenvalue weighted by Gasteiger charge is 2.48. The number of fused-ring (bicyclic) bond motifs is 1. The molecule has 4 atom stereocenters. The number of rotatable bonds is 5. The molecule has 2 saturated heterocycles. The van der Waals surface area contributed by atoms with Crippen LogP contribution < -0.4 is 16.0 Å². The summed E-state index contributed by atoms with van der Waals surface area (Å²) in [5.41, 5.74) is 0.302. The Morgan fingerprint density at radius 1 is 0.972 bits per heavy atom. The topological polar surface area (TPSA) is 97.4 Å². The molecule has 2 fully saturated rings. The molecular weight excluding hydrogens is 482 g/mol. The molecule has 3 aromatic rings. The summed E-state index contributed by atoms with van der Waals surface area (Å²) >= 11 is 0. The minimum absolute atomic E-state index is 0.0139. The summed E-state index contributed by atoms with van der Waals surface area (Å²) in [5.74, 6) is -0.0593. The maximum absolute atomic E-state index is 13.6. The molecular formula is C24H21F4N5O3. The number of alkyl halides is 3. The maximum atomic E-state index is 13.6. The molecule has 3 N–H and O–H groups in total. The van der Waals surface area contributed by atoms with Gasteiger partial charge in [-0.25, -0.2) is 19.2 Å². The lowest BCUT2D eigenvalue weighted by Crippen LogP contribution is -2.46. The van der Waals surface area contributed by atoms with Gasteiger partial charge in [-0.3, -0.25) is 0 Å². The van der Waals surface area contributed by atoms with Gasteiger partial charge in [0.05, 0.1) is 36.6 Å². The van der Waals surface area contributed by atoms with E-state index < -0.39 is 36.0 Å². The molecule has 0 spiro atoms. The Kier molecular flexibility index (Phi) is 6.46. The zero-order valence-electron chi connectivity index (χ0n) is 18.6. The second kappa shape index (κ2) is 9.70. The van der Waals surface area contributed by atoms with E-state index in [-0.39, 0.29) is 30.8 Å². The minimum atomic E-state index is -4.51. The number of carbonyl (C=O) groups excluding carboxylic acids is 1. The number of carbonyl (C=O) groups is 1. The van der Waals surface area contributed by atoms with Gasteiger partial charge in [0.2, 0.25) is 5.95 Å². The predicted octanol–water partition coefficient (Wildman–Crippen LogP) is 4.07. The minimum Gasteiger partial charge on any atom is -0.371 e. The van der Waals surface area contributed by atoms with E-state index in [4.69, 9.17) is 9.47 Å². The van der Waals surface area contributed by atoms with Crippen molar-refractivity contribution in [2.75, 3.05) is 23.8 Å². The third-order valence-electron chi connectivity index (χ3n) is 5.91. The van der Waals surface area contributed by atoms with Crippen LogP contribution in [0.1, 0.15) is 5.56 Å². The summed E-state index contributed by atoms with van der Waals surface area (Å²) in [7, 11) is 0. The number of halogens is 4. The highest BCUT2D eigenvalue weighted by atomic mass is 19.4. The zero-order valence-corrected chi connectivity index (χ0v) is 18.6. The molecule has 8 nitrogen and oxygen atoms in total. The lowest BCUT2D eigenvalue weighted by atomic mass is 10.1. The average Bonchev–Trinajstić information content (AvgIpc) is 3.42. The second-order valence-corrected chi connectivity index (χ2v) is 8.41. The number of nitrogens with one attached hydrogen (secondary N) is 3. The third kappa shape index (κ3) is 5.24. The number of anilines is 2. The molecule has 0 aliphatic carbocycles. The van der Waals surface area contributed by atoms with Crippen molar-refractivity contribution >= 4 is 17.7 Å². The van der Waals surface area contributed by atoms with Crippen molar-refractivity contribution in [1.29, 1.82) is 0 Å². The standard InChI is InChI=1S/C24H21F4N5O3/c25-15-5-1-3-13(9-15)17-7-8-29-22(31-17)32-18-11-35-21-19(12-36-20(18)21)33-23(34)30-16-6-2-4-14(10-16)24(26,27)28/h1-10,18-21H,11-12H2,(H,29,31,32)(H2,30,33,34). The molecule has 1 aromatic heterocycles. The fraction of sp³-hybridized carbons (Fsp3) is 0.292. The summed E-state index contributed by atoms with van der Waals surface area (Å²) in [5, 5.41) is 8.29. The molecule has 188 valence electrons. The van der Waals surface area contributed by atoms with Crippen molar-refractivity contribution in [1.82, 2.24) is 15.3 Å². The van der Waals surface area contributed by atoms with E-state index in [0.29, 0.717) is 17.2 Å². The monoisotopic (exact) mass is 503 g/mol. The van der Waals surface area contributed by atoms with Gasteiger partial charge in [-0.05, 0) is 36.4 Å². The van der Waals surface area contributed by atoms with Crippen LogP contribution >= 0.6 is 0 Å². The molecule has 2 aliphatic rings. The SMILES string of the molecule is O=C(Nc1cccc(C(F)(F)F)c1)NC1COC2C(Nc3nccc(-c4cccc(F)c4)n3)COC12. The van der Waals surface area contributed by atoms with Crippen LogP contribution in [-0.4, -0.2) is 53.5 Å². The van der Waals surface area contributed by atoms with Crippen LogP contribution in [0.15, 0.2) is 60.8 Å². The van der Waals surface area contributed by atoms with Gasteiger partial charge in [0.25, 0.3) is 0 Å². The first-order valence-corrected chi connectivity index (χ1v) is 11.1. The van der Waals surface area contributed by atoms with Crippen molar-refractivity contribution in [2.45, 2.75) is 30.5 Å². The second-order valence-electron chi connectivity index (χ2n) is 8.41. The number of nitrogens with zero attached hydrogens (tertiary/aromatic N) is 2. The number of urea groups is 1. The van der Waals surface area contributed by atoms with Crippen LogP contribution in [0, 0.1) is 5.82 Å². The first-order chi connectivity index (χ1) is 17.3. The van der Waals surface area contributed by atoms with Gasteiger partial charge in [0.1, 0.15) is 18.0 Å². The molecule has 12 heteroatoms. The number of amides is 2. The highest BCUT2D eigenvalue weighted by molar-refractivity contribution is 5.89. The summed E-state index contributed by atoms with van der Waals surface area (Å²) in [6.45, 7) is 0.421. The van der Waals surface area contributed by atoms with E-state index in [1.807, 2.05) is 0 Å². The smallest absolute Gasteiger partial charge is 0.371 e. The van der Waals surface area contributed by atoms with Gasteiger partial charge >= 0.3 is 12.2 Å². The van der Waals surface area contributed by atoms with Crippen molar-refractivity contribution in [3.63, 3.8) is 0 Å². The summed E-state index contributed by atoms with van der Waals surface area (Å²) in [6.07, 6.45) is -3.84. The van der Waals surface area contributed by atoms with Gasteiger partial charge in [-0.15, -0.1) is 0 Å². The van der Waals surface area contributed by atoms with E-state index in [9.17, 15) is 22.4 Å². The van der Waals surface area contributed by atoms with E-state index in [1.54, 1.807) is 24.4 Å². The van der Waals surface area contributed by atoms with Crippen LogP contribution in [0.2, 0.25) is 0 Å². The Balaban J connectivity index is 1.19. The zero-order chi connectivity index (χ0) is 25.3. The van der Waals surface area contributed by atoms with Crippen LogP contribution in [0.3, 0.4) is 0 Å². The predicted molar refractivity (Wildman–Crippen MR) is 122 cm³/mol. The van der Waals surface area contributed by atoms with Crippen molar-refractivity contribution in [3.8, 4) is 11.3 Å². The first kappa shape index (κ1) is 23.9. The normalized spacial score (nSPS) is 23.2. The number of benzene rings is 2. The van der Waals surface area contributed by atoms with Crippen molar-refractivity contribution in [2.24, 2.45) is 0 Å². The fourth-order valence-corrected chi connectivity index (χ4v) is 4.26. The number of ether oxygens (including phenoxy) is 2. The molecule has 5 rings (SSSR count). The lowest BCUT2D eigenvalue weighted by Gasteiger charge is -2.19. The molecule has 3 heterocycles. The highest BCUT2D eigenvalue weighted by Crippen LogP contribution is 2.31. The van der Waals surface area contributed by atoms with E-state index in [1.165, 1.54) is 24.3 Å². The average molecular weight is 503 g/mol.